The summed E-state index contributed by atoms with van der Waals surface area (Å²) in [5.41, 5.74) is 2.06. The van der Waals surface area contributed by atoms with E-state index in [2.05, 4.69) is 21.8 Å². The number of anilines is 1. The van der Waals surface area contributed by atoms with Gasteiger partial charge in [0, 0.05) is 44.1 Å². The number of nitrogens with zero attached hydrogens (tertiary/aromatic N) is 4. The summed E-state index contributed by atoms with van der Waals surface area (Å²) in [5.74, 6) is -0.559. The summed E-state index contributed by atoms with van der Waals surface area (Å²) in [4.78, 5) is 20.8. The van der Waals surface area contributed by atoms with Gasteiger partial charge in [-0.05, 0) is 50.2 Å². The molecule has 1 saturated heterocycles. The van der Waals surface area contributed by atoms with E-state index in [0.717, 1.165) is 38.2 Å². The number of hydrogen-bond acceptors (Lipinski definition) is 5. The van der Waals surface area contributed by atoms with Gasteiger partial charge in [-0.15, -0.1) is 0 Å². The average Bonchev–Trinajstić information content (AvgIpc) is 3.01. The van der Waals surface area contributed by atoms with Crippen LogP contribution in [0.2, 0.25) is 0 Å². The standard InChI is InChI=1S/C20H23FN4O2/c1-23(12-13-25-19-18(27-20(25)26)6-3-9-22-19)16-7-10-24(11-8-16)17-5-2-4-15(21)14-17/h2-6,9,14,16H,7-8,10-13H2,1H3. The highest BCUT2D eigenvalue weighted by molar-refractivity contribution is 5.67. The zero-order valence-corrected chi connectivity index (χ0v) is 15.3. The van der Waals surface area contributed by atoms with Gasteiger partial charge in [0.2, 0.25) is 0 Å². The van der Waals surface area contributed by atoms with Crippen LogP contribution in [0.4, 0.5) is 10.1 Å². The van der Waals surface area contributed by atoms with Crippen LogP contribution in [0, 0.1) is 5.82 Å². The second-order valence-electron chi connectivity index (χ2n) is 7.02. The molecular weight excluding hydrogens is 347 g/mol. The average molecular weight is 370 g/mol. The van der Waals surface area contributed by atoms with Crippen LogP contribution < -0.4 is 10.7 Å². The minimum Gasteiger partial charge on any atom is -0.406 e. The van der Waals surface area contributed by atoms with Gasteiger partial charge in [-0.1, -0.05) is 6.07 Å². The molecule has 3 heterocycles. The Kier molecular flexibility index (Phi) is 4.94. The Morgan fingerprint density at radius 2 is 2.07 bits per heavy atom. The topological polar surface area (TPSA) is 54.5 Å². The van der Waals surface area contributed by atoms with Crippen LogP contribution in [0.3, 0.4) is 0 Å². The molecule has 142 valence electrons. The van der Waals surface area contributed by atoms with Crippen LogP contribution in [-0.2, 0) is 6.54 Å². The summed E-state index contributed by atoms with van der Waals surface area (Å²) < 4.78 is 20.3. The summed E-state index contributed by atoms with van der Waals surface area (Å²) in [6.45, 7) is 3.09. The Hall–Kier alpha value is -2.67. The number of likely N-dealkylation sites (N-methyl/N-ethyl adjacent to an activating group) is 1. The zero-order valence-electron chi connectivity index (χ0n) is 15.3. The first-order valence-corrected chi connectivity index (χ1v) is 9.27. The van der Waals surface area contributed by atoms with Gasteiger partial charge in [-0.3, -0.25) is 4.57 Å². The third-order valence-corrected chi connectivity index (χ3v) is 5.36. The molecule has 6 nitrogen and oxygen atoms in total. The number of oxazole rings is 1. The monoisotopic (exact) mass is 370 g/mol. The molecule has 0 unspecified atom stereocenters. The summed E-state index contributed by atoms with van der Waals surface area (Å²) in [6, 6.07) is 10.7. The third kappa shape index (κ3) is 3.73. The first kappa shape index (κ1) is 17.7. The van der Waals surface area contributed by atoms with E-state index >= 15 is 0 Å². The first-order chi connectivity index (χ1) is 13.1. The number of piperidine rings is 1. The minimum atomic E-state index is -0.363. The van der Waals surface area contributed by atoms with Gasteiger partial charge >= 0.3 is 5.76 Å². The van der Waals surface area contributed by atoms with E-state index in [4.69, 9.17) is 4.42 Å². The molecule has 0 bridgehead atoms. The number of aromatic nitrogens is 2. The molecule has 0 N–H and O–H groups in total. The molecule has 0 aliphatic carbocycles. The van der Waals surface area contributed by atoms with Crippen LogP contribution in [0.25, 0.3) is 11.2 Å². The van der Waals surface area contributed by atoms with Gasteiger partial charge in [-0.25, -0.2) is 14.2 Å². The van der Waals surface area contributed by atoms with Crippen LogP contribution >= 0.6 is 0 Å². The molecule has 0 saturated carbocycles. The van der Waals surface area contributed by atoms with Gasteiger partial charge in [-0.2, -0.15) is 0 Å². The molecule has 4 rings (SSSR count). The van der Waals surface area contributed by atoms with E-state index in [0.29, 0.717) is 23.8 Å². The van der Waals surface area contributed by atoms with E-state index in [1.165, 1.54) is 6.07 Å². The van der Waals surface area contributed by atoms with Crippen molar-refractivity contribution in [2.45, 2.75) is 25.4 Å². The molecule has 0 atom stereocenters. The van der Waals surface area contributed by atoms with Gasteiger partial charge in [0.1, 0.15) is 5.82 Å². The lowest BCUT2D eigenvalue weighted by Crippen LogP contribution is -2.44. The Morgan fingerprint density at radius 3 is 2.85 bits per heavy atom. The Bertz CT molecular complexity index is 975. The van der Waals surface area contributed by atoms with Crippen LogP contribution in [0.1, 0.15) is 12.8 Å². The molecule has 0 amide bonds. The largest absolute Gasteiger partial charge is 0.421 e. The fourth-order valence-electron chi connectivity index (χ4n) is 3.78. The Morgan fingerprint density at radius 1 is 1.26 bits per heavy atom. The van der Waals surface area contributed by atoms with E-state index in [-0.39, 0.29) is 11.6 Å². The molecule has 1 aliphatic heterocycles. The van der Waals surface area contributed by atoms with E-state index < -0.39 is 0 Å². The van der Waals surface area contributed by atoms with Crippen molar-refractivity contribution in [3.63, 3.8) is 0 Å². The highest BCUT2D eigenvalue weighted by Crippen LogP contribution is 2.22. The highest BCUT2D eigenvalue weighted by Gasteiger charge is 2.23. The SMILES string of the molecule is CN(CCn1c(=O)oc2cccnc21)C1CCN(c2cccc(F)c2)CC1. The fraction of sp³-hybridized carbons (Fsp3) is 0.400. The lowest BCUT2D eigenvalue weighted by atomic mass is 10.0. The van der Waals surface area contributed by atoms with E-state index in [1.807, 2.05) is 6.07 Å². The van der Waals surface area contributed by atoms with Gasteiger partial charge in [0.05, 0.1) is 0 Å². The van der Waals surface area contributed by atoms with Crippen molar-refractivity contribution in [1.29, 1.82) is 0 Å². The molecule has 2 aromatic heterocycles. The smallest absolute Gasteiger partial charge is 0.406 e. The molecule has 0 radical (unpaired) electrons. The molecule has 1 aliphatic rings. The highest BCUT2D eigenvalue weighted by atomic mass is 19.1. The third-order valence-electron chi connectivity index (χ3n) is 5.36. The van der Waals surface area contributed by atoms with Crippen molar-refractivity contribution in [3.8, 4) is 0 Å². The lowest BCUT2D eigenvalue weighted by Gasteiger charge is -2.37. The molecular formula is C20H23FN4O2. The van der Waals surface area contributed by atoms with Crippen LogP contribution in [0.5, 0.6) is 0 Å². The second-order valence-corrected chi connectivity index (χ2v) is 7.02. The predicted molar refractivity (Wildman–Crippen MR) is 103 cm³/mol. The van der Waals surface area contributed by atoms with E-state index in [1.54, 1.807) is 35.0 Å². The molecule has 27 heavy (non-hydrogen) atoms. The number of hydrogen-bond donors (Lipinski definition) is 0. The number of fused-ring (bicyclic) bond motifs is 1. The summed E-state index contributed by atoms with van der Waals surface area (Å²) in [7, 11) is 2.09. The summed E-state index contributed by atoms with van der Waals surface area (Å²) in [6.07, 6.45) is 3.68. The molecule has 3 aromatic rings. The summed E-state index contributed by atoms with van der Waals surface area (Å²) >= 11 is 0. The number of rotatable bonds is 5. The van der Waals surface area contributed by atoms with Crippen molar-refractivity contribution in [2.24, 2.45) is 0 Å². The molecule has 1 aromatic carbocycles. The van der Waals surface area contributed by atoms with E-state index in [9.17, 15) is 9.18 Å². The van der Waals surface area contributed by atoms with Crippen LogP contribution in [-0.4, -0.2) is 47.2 Å². The van der Waals surface area contributed by atoms with Gasteiger partial charge < -0.3 is 14.2 Å². The maximum Gasteiger partial charge on any atom is 0.421 e. The zero-order chi connectivity index (χ0) is 18.8. The van der Waals surface area contributed by atoms with Crippen molar-refractivity contribution in [3.05, 3.63) is 59.0 Å². The van der Waals surface area contributed by atoms with Gasteiger partial charge in [0.15, 0.2) is 11.2 Å². The quantitative estimate of drug-likeness (QED) is 0.691. The summed E-state index contributed by atoms with van der Waals surface area (Å²) in [5, 5.41) is 0. The van der Waals surface area contributed by atoms with Crippen molar-refractivity contribution in [1.82, 2.24) is 14.5 Å². The predicted octanol–water partition coefficient (Wildman–Crippen LogP) is 2.73. The number of benzene rings is 1. The maximum atomic E-state index is 13.4. The Labute approximate surface area is 156 Å². The molecule has 0 spiro atoms. The van der Waals surface area contributed by atoms with Crippen molar-refractivity contribution < 1.29 is 8.81 Å². The number of pyridine rings is 1. The van der Waals surface area contributed by atoms with Crippen molar-refractivity contribution in [2.75, 3.05) is 31.6 Å². The lowest BCUT2D eigenvalue weighted by molar-refractivity contribution is 0.200. The maximum absolute atomic E-state index is 13.4. The van der Waals surface area contributed by atoms with Crippen LogP contribution in [0.15, 0.2) is 51.8 Å². The minimum absolute atomic E-state index is 0.196. The number of halogens is 1. The Balaban J connectivity index is 1.35. The van der Waals surface area contributed by atoms with Crippen molar-refractivity contribution >= 4 is 16.9 Å². The normalized spacial score (nSPS) is 15.7. The molecule has 1 fully saturated rings. The fourth-order valence-corrected chi connectivity index (χ4v) is 3.78. The molecule has 7 heteroatoms. The second kappa shape index (κ2) is 7.52. The first-order valence-electron chi connectivity index (χ1n) is 9.27. The van der Waals surface area contributed by atoms with Gasteiger partial charge in [0.25, 0.3) is 0 Å².